The standard InChI is InChI=1S/C15H24N2O2/c1-5-17(14(18)10-15(2,3)19-4)11-12-7-6-8-13(16)9-12/h6-9H,5,10-11,16H2,1-4H3. The first-order chi connectivity index (χ1) is 8.88. The van der Waals surface area contributed by atoms with Crippen molar-refractivity contribution in [3.05, 3.63) is 29.8 Å². The van der Waals surface area contributed by atoms with Crippen molar-refractivity contribution in [2.75, 3.05) is 19.4 Å². The van der Waals surface area contributed by atoms with Gasteiger partial charge in [0.1, 0.15) is 0 Å². The van der Waals surface area contributed by atoms with E-state index in [9.17, 15) is 4.79 Å². The molecule has 0 bridgehead atoms. The van der Waals surface area contributed by atoms with Crippen LogP contribution in [-0.4, -0.2) is 30.1 Å². The van der Waals surface area contributed by atoms with Crippen molar-refractivity contribution < 1.29 is 9.53 Å². The minimum absolute atomic E-state index is 0.0942. The molecule has 19 heavy (non-hydrogen) atoms. The van der Waals surface area contributed by atoms with Crippen LogP contribution in [0.3, 0.4) is 0 Å². The summed E-state index contributed by atoms with van der Waals surface area (Å²) < 4.78 is 5.30. The molecule has 0 fully saturated rings. The highest BCUT2D eigenvalue weighted by atomic mass is 16.5. The van der Waals surface area contributed by atoms with E-state index in [1.54, 1.807) is 7.11 Å². The minimum atomic E-state index is -0.430. The van der Waals surface area contributed by atoms with Gasteiger partial charge in [0.15, 0.2) is 0 Å². The summed E-state index contributed by atoms with van der Waals surface area (Å²) in [6.07, 6.45) is 0.375. The maximum atomic E-state index is 12.3. The second-order valence-electron chi connectivity index (χ2n) is 5.29. The first-order valence-corrected chi connectivity index (χ1v) is 6.55. The summed E-state index contributed by atoms with van der Waals surface area (Å²) >= 11 is 0. The summed E-state index contributed by atoms with van der Waals surface area (Å²) in [4.78, 5) is 14.1. The molecule has 0 unspecified atom stereocenters. The molecule has 1 rings (SSSR count). The average molecular weight is 264 g/mol. The van der Waals surface area contributed by atoms with E-state index in [-0.39, 0.29) is 5.91 Å². The van der Waals surface area contributed by atoms with Gasteiger partial charge in [-0.1, -0.05) is 12.1 Å². The fourth-order valence-corrected chi connectivity index (χ4v) is 1.84. The van der Waals surface area contributed by atoms with E-state index >= 15 is 0 Å². The Labute approximate surface area is 115 Å². The molecule has 0 radical (unpaired) electrons. The van der Waals surface area contributed by atoms with Crippen molar-refractivity contribution >= 4 is 11.6 Å². The first kappa shape index (κ1) is 15.5. The molecule has 0 aliphatic heterocycles. The third kappa shape index (κ3) is 4.91. The van der Waals surface area contributed by atoms with E-state index in [1.165, 1.54) is 0 Å². The van der Waals surface area contributed by atoms with Crippen LogP contribution in [0.4, 0.5) is 5.69 Å². The minimum Gasteiger partial charge on any atom is -0.399 e. The van der Waals surface area contributed by atoms with E-state index < -0.39 is 5.60 Å². The second-order valence-corrected chi connectivity index (χ2v) is 5.29. The normalized spacial score (nSPS) is 11.4. The van der Waals surface area contributed by atoms with Crippen LogP contribution in [0.2, 0.25) is 0 Å². The Hall–Kier alpha value is -1.55. The number of hydrogen-bond donors (Lipinski definition) is 1. The van der Waals surface area contributed by atoms with E-state index in [1.807, 2.05) is 49.9 Å². The molecular formula is C15H24N2O2. The predicted molar refractivity (Wildman–Crippen MR) is 77.7 cm³/mol. The van der Waals surface area contributed by atoms with Gasteiger partial charge >= 0.3 is 0 Å². The molecule has 4 heteroatoms. The third-order valence-corrected chi connectivity index (χ3v) is 3.19. The number of carbonyl (C=O) groups is 1. The summed E-state index contributed by atoms with van der Waals surface area (Å²) in [7, 11) is 1.63. The van der Waals surface area contributed by atoms with Crippen LogP contribution < -0.4 is 5.73 Å². The van der Waals surface area contributed by atoms with Crippen molar-refractivity contribution in [2.24, 2.45) is 0 Å². The van der Waals surface area contributed by atoms with Gasteiger partial charge in [0.2, 0.25) is 5.91 Å². The molecular weight excluding hydrogens is 240 g/mol. The number of nitrogen functional groups attached to an aromatic ring is 1. The number of nitrogens with zero attached hydrogens (tertiary/aromatic N) is 1. The van der Waals surface area contributed by atoms with Crippen LogP contribution in [0.5, 0.6) is 0 Å². The Balaban J connectivity index is 2.70. The van der Waals surface area contributed by atoms with Crippen LogP contribution in [-0.2, 0) is 16.1 Å². The average Bonchev–Trinajstić information content (AvgIpc) is 2.35. The van der Waals surface area contributed by atoms with Crippen molar-refractivity contribution in [3.8, 4) is 0 Å². The van der Waals surface area contributed by atoms with Crippen LogP contribution in [0.15, 0.2) is 24.3 Å². The number of methoxy groups -OCH3 is 1. The number of anilines is 1. The van der Waals surface area contributed by atoms with Crippen LogP contribution in [0.1, 0.15) is 32.8 Å². The number of benzene rings is 1. The first-order valence-electron chi connectivity index (χ1n) is 6.55. The number of nitrogens with two attached hydrogens (primary N) is 1. The molecule has 4 nitrogen and oxygen atoms in total. The zero-order valence-corrected chi connectivity index (χ0v) is 12.3. The van der Waals surface area contributed by atoms with Crippen molar-refractivity contribution in [1.29, 1.82) is 0 Å². The Morgan fingerprint density at radius 1 is 1.42 bits per heavy atom. The molecule has 0 saturated heterocycles. The van der Waals surface area contributed by atoms with Gasteiger partial charge in [0.25, 0.3) is 0 Å². The van der Waals surface area contributed by atoms with Crippen molar-refractivity contribution in [2.45, 2.75) is 39.3 Å². The monoisotopic (exact) mass is 264 g/mol. The van der Waals surface area contributed by atoms with Crippen molar-refractivity contribution in [1.82, 2.24) is 4.90 Å². The lowest BCUT2D eigenvalue weighted by atomic mass is 10.0. The van der Waals surface area contributed by atoms with Gasteiger partial charge in [0, 0.05) is 25.9 Å². The highest BCUT2D eigenvalue weighted by Crippen LogP contribution is 2.16. The zero-order valence-electron chi connectivity index (χ0n) is 12.3. The molecule has 2 N–H and O–H groups in total. The Kier molecular flexibility index (Phi) is 5.36. The van der Waals surface area contributed by atoms with Gasteiger partial charge in [-0.15, -0.1) is 0 Å². The number of hydrogen-bond acceptors (Lipinski definition) is 3. The molecule has 0 aromatic heterocycles. The van der Waals surface area contributed by atoms with Gasteiger partial charge in [-0.25, -0.2) is 0 Å². The number of amides is 1. The van der Waals surface area contributed by atoms with E-state index in [0.717, 1.165) is 11.3 Å². The molecule has 106 valence electrons. The number of rotatable bonds is 6. The van der Waals surface area contributed by atoms with E-state index in [4.69, 9.17) is 10.5 Å². The van der Waals surface area contributed by atoms with Crippen LogP contribution >= 0.6 is 0 Å². The molecule has 0 aliphatic rings. The van der Waals surface area contributed by atoms with Gasteiger partial charge in [-0.05, 0) is 38.5 Å². The predicted octanol–water partition coefficient (Wildman–Crippen LogP) is 2.43. The van der Waals surface area contributed by atoms with Gasteiger partial charge < -0.3 is 15.4 Å². The lowest BCUT2D eigenvalue weighted by molar-refractivity contribution is -0.136. The lowest BCUT2D eigenvalue weighted by Crippen LogP contribution is -2.36. The Morgan fingerprint density at radius 2 is 2.11 bits per heavy atom. The summed E-state index contributed by atoms with van der Waals surface area (Å²) in [6, 6.07) is 7.63. The maximum absolute atomic E-state index is 12.3. The molecule has 0 spiro atoms. The highest BCUT2D eigenvalue weighted by Gasteiger charge is 2.24. The summed E-state index contributed by atoms with van der Waals surface area (Å²) in [6.45, 7) is 7.07. The molecule has 1 aromatic carbocycles. The van der Waals surface area contributed by atoms with Gasteiger partial charge in [0.05, 0.1) is 12.0 Å². The second kappa shape index (κ2) is 6.57. The van der Waals surface area contributed by atoms with Gasteiger partial charge in [-0.3, -0.25) is 4.79 Å². The topological polar surface area (TPSA) is 55.6 Å². The summed E-state index contributed by atoms with van der Waals surface area (Å²) in [5.41, 5.74) is 7.09. The molecule has 1 amide bonds. The third-order valence-electron chi connectivity index (χ3n) is 3.19. The molecule has 0 atom stereocenters. The number of ether oxygens (including phenoxy) is 1. The fraction of sp³-hybridized carbons (Fsp3) is 0.533. The Bertz CT molecular complexity index is 430. The molecule has 0 saturated carbocycles. The van der Waals surface area contributed by atoms with Gasteiger partial charge in [-0.2, -0.15) is 0 Å². The molecule has 1 aromatic rings. The zero-order chi connectivity index (χ0) is 14.5. The summed E-state index contributed by atoms with van der Waals surface area (Å²) in [5, 5.41) is 0. The quantitative estimate of drug-likeness (QED) is 0.803. The SMILES string of the molecule is CCN(Cc1cccc(N)c1)C(=O)CC(C)(C)OC. The van der Waals surface area contributed by atoms with Crippen LogP contribution in [0, 0.1) is 0 Å². The molecule has 0 heterocycles. The fourth-order valence-electron chi connectivity index (χ4n) is 1.84. The van der Waals surface area contributed by atoms with E-state index in [0.29, 0.717) is 19.5 Å². The highest BCUT2D eigenvalue weighted by molar-refractivity contribution is 5.77. The lowest BCUT2D eigenvalue weighted by Gasteiger charge is -2.27. The smallest absolute Gasteiger partial charge is 0.225 e. The van der Waals surface area contributed by atoms with Crippen molar-refractivity contribution in [3.63, 3.8) is 0 Å². The largest absolute Gasteiger partial charge is 0.399 e. The molecule has 0 aliphatic carbocycles. The van der Waals surface area contributed by atoms with Crippen LogP contribution in [0.25, 0.3) is 0 Å². The summed E-state index contributed by atoms with van der Waals surface area (Å²) in [5.74, 6) is 0.0942. The Morgan fingerprint density at radius 3 is 2.63 bits per heavy atom. The van der Waals surface area contributed by atoms with E-state index in [2.05, 4.69) is 0 Å². The number of carbonyl (C=O) groups excluding carboxylic acids is 1. The maximum Gasteiger partial charge on any atom is 0.225 e.